The van der Waals surface area contributed by atoms with Gasteiger partial charge < -0.3 is 65.4 Å². The van der Waals surface area contributed by atoms with Crippen molar-refractivity contribution in [1.29, 1.82) is 0 Å². The van der Waals surface area contributed by atoms with E-state index >= 15 is 0 Å². The van der Waals surface area contributed by atoms with Gasteiger partial charge in [-0.05, 0) is 217 Å². The van der Waals surface area contributed by atoms with E-state index in [1.807, 2.05) is 12.1 Å². The number of carboxylic acid groups (broad SMARTS) is 1. The van der Waals surface area contributed by atoms with Crippen LogP contribution in [-0.2, 0) is 71.9 Å². The van der Waals surface area contributed by atoms with Crippen LogP contribution in [0.3, 0.4) is 0 Å². The third-order valence-electron chi connectivity index (χ3n) is 18.5. The first kappa shape index (κ1) is 68.1. The summed E-state index contributed by atoms with van der Waals surface area (Å²) < 4.78 is 46.3. The maximum Gasteiger partial charge on any atom is 0.415 e. The molecule has 3 saturated heterocycles. The number of ether oxygens (including phenoxy) is 6. The molecular formula is C68H76ClFN14O14. The molecule has 3 aliphatic carbocycles. The van der Waals surface area contributed by atoms with Gasteiger partial charge in [0.1, 0.15) is 46.7 Å². The molecule has 98 heavy (non-hydrogen) atoms. The zero-order chi connectivity index (χ0) is 68.6. The van der Waals surface area contributed by atoms with E-state index in [4.69, 9.17) is 49.9 Å². The number of hydrogen-bond acceptors (Lipinski definition) is 21. The van der Waals surface area contributed by atoms with Crippen molar-refractivity contribution in [2.45, 2.75) is 109 Å². The highest BCUT2D eigenvalue weighted by molar-refractivity contribution is 6.30. The fourth-order valence-corrected chi connectivity index (χ4v) is 13.8. The minimum atomic E-state index is -0.456. The van der Waals surface area contributed by atoms with Crippen LogP contribution in [0.15, 0.2) is 66.9 Å². The molecule has 1 aromatic carbocycles. The first-order valence-corrected chi connectivity index (χ1v) is 33.1. The number of carbonyl (C=O) groups excluding carboxylic acids is 6. The number of benzene rings is 1. The maximum absolute atomic E-state index is 13.9. The summed E-state index contributed by atoms with van der Waals surface area (Å²) in [5, 5.41) is 26.0. The molecule has 30 heteroatoms. The quantitative estimate of drug-likeness (QED) is 0.0202. The van der Waals surface area contributed by atoms with Gasteiger partial charge in [-0.15, -0.1) is 0 Å². The summed E-state index contributed by atoms with van der Waals surface area (Å²) in [5.74, 6) is 3.74. The number of rotatable bonds is 18. The van der Waals surface area contributed by atoms with Gasteiger partial charge in [0, 0.05) is 23.6 Å². The smallest absolute Gasteiger partial charge is 0.415 e. The number of nitrogens with one attached hydrogen (secondary N) is 6. The molecule has 0 spiro atoms. The van der Waals surface area contributed by atoms with Crippen molar-refractivity contribution in [3.63, 3.8) is 0 Å². The molecule has 9 aliphatic rings. The zero-order valence-corrected chi connectivity index (χ0v) is 55.1. The van der Waals surface area contributed by atoms with E-state index in [9.17, 15) is 33.2 Å². The molecule has 0 bridgehead atoms. The molecule has 6 aromatic rings. The van der Waals surface area contributed by atoms with Gasteiger partial charge in [-0.25, -0.2) is 38.7 Å². The molecule has 0 radical (unpaired) electrons. The third-order valence-corrected chi connectivity index (χ3v) is 18.8. The van der Waals surface area contributed by atoms with E-state index in [0.29, 0.717) is 108 Å². The highest BCUT2D eigenvalue weighted by Gasteiger charge is 2.38. The Labute approximate surface area is 568 Å². The summed E-state index contributed by atoms with van der Waals surface area (Å²) in [4.78, 5) is 106. The predicted octanol–water partition coefficient (Wildman–Crippen LogP) is 6.75. The van der Waals surface area contributed by atoms with Crippen molar-refractivity contribution in [2.24, 2.45) is 11.8 Å². The van der Waals surface area contributed by atoms with Crippen molar-refractivity contribution in [2.75, 3.05) is 103 Å². The first-order chi connectivity index (χ1) is 47.4. The van der Waals surface area contributed by atoms with Gasteiger partial charge in [-0.1, -0.05) is 23.7 Å². The lowest BCUT2D eigenvalue weighted by molar-refractivity contribution is -0.123. The van der Waals surface area contributed by atoms with E-state index < -0.39 is 18.3 Å². The van der Waals surface area contributed by atoms with Gasteiger partial charge in [-0.2, -0.15) is 0 Å². The van der Waals surface area contributed by atoms with Crippen LogP contribution in [0.4, 0.5) is 53.7 Å². The Hall–Kier alpha value is -9.84. The lowest BCUT2D eigenvalue weighted by Crippen LogP contribution is -2.31. The van der Waals surface area contributed by atoms with Crippen LogP contribution in [0.5, 0.6) is 17.2 Å². The number of carbonyl (C=O) groups is 7. The second-order valence-electron chi connectivity index (χ2n) is 25.2. The number of hydrogen-bond donors (Lipinski definition) is 7. The summed E-state index contributed by atoms with van der Waals surface area (Å²) in [6, 6.07) is 17.8. The Morgan fingerprint density at radius 1 is 0.561 bits per heavy atom. The molecule has 5 aromatic heterocycles. The summed E-state index contributed by atoms with van der Waals surface area (Å²) in [6.45, 7) is 11.3. The summed E-state index contributed by atoms with van der Waals surface area (Å²) in [6.07, 6.45) is 8.47. The van der Waals surface area contributed by atoms with Gasteiger partial charge in [0.25, 0.3) is 24.2 Å². The summed E-state index contributed by atoms with van der Waals surface area (Å²) in [7, 11) is 0. The minimum absolute atomic E-state index is 0.0302. The normalized spacial score (nSPS) is 21.2. The Kier molecular flexibility index (Phi) is 21.3. The van der Waals surface area contributed by atoms with E-state index in [1.165, 1.54) is 43.0 Å². The van der Waals surface area contributed by atoms with E-state index in [1.54, 1.807) is 48.7 Å². The molecule has 516 valence electrons. The Balaban J connectivity index is 0.000000137. The van der Waals surface area contributed by atoms with Crippen LogP contribution >= 0.6 is 11.6 Å². The summed E-state index contributed by atoms with van der Waals surface area (Å²) in [5.41, 5.74) is 10.9. The number of aromatic nitrogens is 5. The Morgan fingerprint density at radius 3 is 1.53 bits per heavy atom. The average molecular weight is 1370 g/mol. The molecule has 6 amide bonds. The number of halogens is 2. The van der Waals surface area contributed by atoms with E-state index in [2.05, 4.69) is 77.6 Å². The number of aryl methyl sites for hydroxylation is 2. The highest BCUT2D eigenvalue weighted by Crippen LogP contribution is 2.36. The molecule has 11 heterocycles. The SMILES string of the molecule is Cc1nc(C)c2c(c1C)CC(CNCCC1CN(c3ccc4c(n3)NC(=O)CO4)C(=O)O1)C2.O=C1COc2ccc(N3CC(CCCNC4Cc5ccnc(Cl)c5C4)OC3=O)nc2N1.O=C1COc2ccc(N3CC(CCNCC4Cc5cccc(F)c5C4)OC3=O)nc2N1.O=CO. The van der Waals surface area contributed by atoms with E-state index in [-0.39, 0.29) is 68.1 Å². The lowest BCUT2D eigenvalue weighted by Gasteiger charge is -2.19. The van der Waals surface area contributed by atoms with Gasteiger partial charge in [-0.3, -0.25) is 38.9 Å². The topological polar surface area (TPSA) is 341 Å². The number of anilines is 6. The highest BCUT2D eigenvalue weighted by atomic mass is 35.5. The van der Waals surface area contributed by atoms with Crippen molar-refractivity contribution < 1.29 is 71.5 Å². The largest absolute Gasteiger partial charge is 0.483 e. The molecule has 3 fully saturated rings. The summed E-state index contributed by atoms with van der Waals surface area (Å²) >= 11 is 6.18. The fraction of sp³-hybridized carbons (Fsp3) is 0.441. The van der Waals surface area contributed by atoms with Crippen LogP contribution in [-0.4, -0.2) is 169 Å². The van der Waals surface area contributed by atoms with Crippen molar-refractivity contribution >= 4 is 89.0 Å². The molecule has 6 unspecified atom stereocenters. The van der Waals surface area contributed by atoms with Crippen LogP contribution in [0.2, 0.25) is 5.15 Å². The monoisotopic (exact) mass is 1370 g/mol. The molecular weight excluding hydrogens is 1290 g/mol. The number of amides is 6. The molecule has 7 N–H and O–H groups in total. The van der Waals surface area contributed by atoms with Crippen molar-refractivity contribution in [3.8, 4) is 17.2 Å². The zero-order valence-electron chi connectivity index (χ0n) is 54.3. The second kappa shape index (κ2) is 30.7. The number of cyclic esters (lactones) is 3. The van der Waals surface area contributed by atoms with Gasteiger partial charge in [0.05, 0.1) is 19.6 Å². The molecule has 15 rings (SSSR count). The number of fused-ring (bicyclic) bond motifs is 6. The molecule has 0 saturated carbocycles. The van der Waals surface area contributed by atoms with Gasteiger partial charge in [0.2, 0.25) is 0 Å². The van der Waals surface area contributed by atoms with Crippen molar-refractivity contribution in [3.05, 3.63) is 128 Å². The Morgan fingerprint density at radius 2 is 1.03 bits per heavy atom. The van der Waals surface area contributed by atoms with Crippen LogP contribution in [0.1, 0.15) is 76.0 Å². The number of pyridine rings is 5. The second-order valence-corrected chi connectivity index (χ2v) is 25.6. The van der Waals surface area contributed by atoms with Gasteiger partial charge in [0.15, 0.2) is 54.5 Å². The van der Waals surface area contributed by atoms with Gasteiger partial charge >= 0.3 is 18.3 Å². The standard InChI is InChI=1S/C24H29N5O4.C22H23FN4O4.C21H22ClN5O4.CH2O2/c1-13-14(2)26-15(3)19-9-16(8-18(13)19)10-25-7-6-17-11-29(24(31)33-17)21-5-4-20-23(27-21)28-22(30)12-32-20;23-17-3-1-2-14-8-13(9-16(14)17)10-24-7-6-15-11-27(22(29)31-15)19-5-4-18-21(25-19)26-20(28)12-30-18;22-19-15-9-13(8-12(15)5-7-24-19)23-6-1-2-14-10-27(21(29)31-14)17-4-3-16-20(25-17)26-18(28)11-30-16;2-1-3/h4-5,16-17,25H,6-12H2,1-3H3,(H,27,28,30);1-5,13,15,24H,6-12H2,(H,25,26,28);3-5,7,13-14,23H,1-2,6,8-11H2,(H,25,26,28);1H,(H,2,3). The predicted molar refractivity (Wildman–Crippen MR) is 356 cm³/mol. The fourth-order valence-electron chi connectivity index (χ4n) is 13.5. The Bertz CT molecular complexity index is 3880. The van der Waals surface area contributed by atoms with Crippen molar-refractivity contribution in [1.82, 2.24) is 40.9 Å². The maximum atomic E-state index is 13.9. The molecule has 6 atom stereocenters. The molecule has 6 aliphatic heterocycles. The lowest BCUT2D eigenvalue weighted by atomic mass is 10.0. The first-order valence-electron chi connectivity index (χ1n) is 32.8. The van der Waals surface area contributed by atoms with Crippen LogP contribution in [0, 0.1) is 38.4 Å². The van der Waals surface area contributed by atoms with Crippen LogP contribution < -0.4 is 60.8 Å². The van der Waals surface area contributed by atoms with E-state index in [0.717, 1.165) is 112 Å². The average Bonchev–Trinajstić information content (AvgIpc) is 1.74. The molecule has 28 nitrogen and oxygen atoms in total. The third kappa shape index (κ3) is 16.1. The minimum Gasteiger partial charge on any atom is -0.483 e. The number of nitrogens with zero attached hydrogens (tertiary/aromatic N) is 8. The van der Waals surface area contributed by atoms with Crippen LogP contribution in [0.25, 0.3) is 0 Å².